The van der Waals surface area contributed by atoms with Crippen LogP contribution in [0.1, 0.15) is 20.3 Å². The second-order valence-corrected chi connectivity index (χ2v) is 1.84. The molecule has 0 bridgehead atoms. The molecule has 1 N–H and O–H groups in total. The molecule has 1 heteroatoms. The first-order valence-electron chi connectivity index (χ1n) is 2.72. The van der Waals surface area contributed by atoms with E-state index in [0.717, 1.165) is 5.57 Å². The van der Waals surface area contributed by atoms with Crippen molar-refractivity contribution >= 4 is 0 Å². The summed E-state index contributed by atoms with van der Waals surface area (Å²) in [5.74, 6) is 0.400. The Morgan fingerprint density at radius 2 is 2.25 bits per heavy atom. The molecule has 0 amide bonds. The molecule has 0 aliphatic rings. The normalized spacial score (nSPS) is 11.5. The summed E-state index contributed by atoms with van der Waals surface area (Å²) in [7, 11) is 0. The van der Waals surface area contributed by atoms with Crippen molar-refractivity contribution in [3.63, 3.8) is 0 Å². The van der Waals surface area contributed by atoms with Crippen molar-refractivity contribution in [1.82, 2.24) is 0 Å². The summed E-state index contributed by atoms with van der Waals surface area (Å²) < 4.78 is 0. The van der Waals surface area contributed by atoms with Gasteiger partial charge in [0.25, 0.3) is 0 Å². The lowest BCUT2D eigenvalue weighted by Crippen LogP contribution is -1.75. The number of allylic oxidation sites excluding steroid dienone is 3. The molecule has 46 valence electrons. The fourth-order valence-corrected chi connectivity index (χ4v) is 0.386. The van der Waals surface area contributed by atoms with Crippen molar-refractivity contribution in [2.24, 2.45) is 0 Å². The maximum Gasteiger partial charge on any atom is 0.0922 e. The highest BCUT2D eigenvalue weighted by molar-refractivity contribution is 5.13. The minimum absolute atomic E-state index is 0.400. The molecule has 8 heavy (non-hydrogen) atoms. The SMILES string of the molecule is C=C(C)/C=C(/O)CC. The highest BCUT2D eigenvalue weighted by atomic mass is 16.3. The van der Waals surface area contributed by atoms with E-state index < -0.39 is 0 Å². The van der Waals surface area contributed by atoms with Gasteiger partial charge in [0.1, 0.15) is 0 Å². The Balaban J connectivity index is 3.75. The molecular weight excluding hydrogens is 100 g/mol. The number of rotatable bonds is 2. The summed E-state index contributed by atoms with van der Waals surface area (Å²) in [6.07, 6.45) is 2.35. The summed E-state index contributed by atoms with van der Waals surface area (Å²) in [4.78, 5) is 0. The molecule has 0 aliphatic carbocycles. The van der Waals surface area contributed by atoms with Crippen molar-refractivity contribution in [3.8, 4) is 0 Å². The zero-order valence-electron chi connectivity index (χ0n) is 5.44. The Kier molecular flexibility index (Phi) is 3.01. The van der Waals surface area contributed by atoms with Gasteiger partial charge in [-0.05, 0) is 13.0 Å². The van der Waals surface area contributed by atoms with Gasteiger partial charge in [0, 0.05) is 6.42 Å². The fourth-order valence-electron chi connectivity index (χ4n) is 0.386. The molecule has 0 fully saturated rings. The molecule has 0 saturated heterocycles. The van der Waals surface area contributed by atoms with Crippen molar-refractivity contribution in [2.45, 2.75) is 20.3 Å². The van der Waals surface area contributed by atoms with E-state index in [2.05, 4.69) is 6.58 Å². The van der Waals surface area contributed by atoms with Crippen LogP contribution in [0.25, 0.3) is 0 Å². The predicted octanol–water partition coefficient (Wildman–Crippen LogP) is 2.41. The standard InChI is InChI=1S/C7H12O/c1-4-7(8)5-6(2)3/h5,8H,2,4H2,1,3H3/b7-5+. The molecule has 1 nitrogen and oxygen atoms in total. The van der Waals surface area contributed by atoms with Crippen LogP contribution in [0.2, 0.25) is 0 Å². The molecule has 0 rings (SSSR count). The second-order valence-electron chi connectivity index (χ2n) is 1.84. The molecule has 0 spiro atoms. The maximum atomic E-state index is 8.83. The molecular formula is C7H12O. The van der Waals surface area contributed by atoms with Crippen LogP contribution in [-0.4, -0.2) is 5.11 Å². The van der Waals surface area contributed by atoms with Crippen molar-refractivity contribution in [3.05, 3.63) is 24.0 Å². The van der Waals surface area contributed by atoms with Crippen molar-refractivity contribution in [2.75, 3.05) is 0 Å². The Hall–Kier alpha value is -0.720. The van der Waals surface area contributed by atoms with E-state index >= 15 is 0 Å². The smallest absolute Gasteiger partial charge is 0.0922 e. The molecule has 0 heterocycles. The molecule has 0 atom stereocenters. The Labute approximate surface area is 50.3 Å². The number of aliphatic hydroxyl groups is 1. The van der Waals surface area contributed by atoms with Crippen LogP contribution in [0.15, 0.2) is 24.0 Å². The van der Waals surface area contributed by atoms with Gasteiger partial charge >= 0.3 is 0 Å². The summed E-state index contributed by atoms with van der Waals surface area (Å²) in [5, 5.41) is 8.83. The van der Waals surface area contributed by atoms with E-state index in [1.165, 1.54) is 0 Å². The lowest BCUT2D eigenvalue weighted by Gasteiger charge is -1.90. The monoisotopic (exact) mass is 112 g/mol. The minimum Gasteiger partial charge on any atom is -0.512 e. The third-order valence-corrected chi connectivity index (χ3v) is 0.775. The molecule has 0 aromatic carbocycles. The van der Waals surface area contributed by atoms with E-state index in [1.807, 2.05) is 13.8 Å². The van der Waals surface area contributed by atoms with Gasteiger partial charge in [0.05, 0.1) is 5.76 Å². The Morgan fingerprint density at radius 3 is 2.38 bits per heavy atom. The quantitative estimate of drug-likeness (QED) is 0.429. The zero-order chi connectivity index (χ0) is 6.57. The average molecular weight is 112 g/mol. The van der Waals surface area contributed by atoms with Crippen LogP contribution < -0.4 is 0 Å². The molecule has 0 aliphatic heterocycles. The first-order chi connectivity index (χ1) is 3.66. The van der Waals surface area contributed by atoms with Crippen LogP contribution in [0.3, 0.4) is 0 Å². The van der Waals surface area contributed by atoms with Gasteiger partial charge in [0.2, 0.25) is 0 Å². The molecule has 0 aromatic rings. The third-order valence-electron chi connectivity index (χ3n) is 0.775. The number of hydrogen-bond donors (Lipinski definition) is 1. The Morgan fingerprint density at radius 1 is 1.75 bits per heavy atom. The lowest BCUT2D eigenvalue weighted by molar-refractivity contribution is 0.394. The van der Waals surface area contributed by atoms with Crippen LogP contribution >= 0.6 is 0 Å². The van der Waals surface area contributed by atoms with E-state index in [4.69, 9.17) is 5.11 Å². The highest BCUT2D eigenvalue weighted by Crippen LogP contribution is 1.98. The average Bonchev–Trinajstić information content (AvgIpc) is 1.65. The molecule has 0 unspecified atom stereocenters. The lowest BCUT2D eigenvalue weighted by atomic mass is 10.2. The maximum absolute atomic E-state index is 8.83. The van der Waals surface area contributed by atoms with Gasteiger partial charge in [-0.25, -0.2) is 0 Å². The highest BCUT2D eigenvalue weighted by Gasteiger charge is 1.83. The van der Waals surface area contributed by atoms with Gasteiger partial charge in [-0.1, -0.05) is 19.1 Å². The van der Waals surface area contributed by atoms with Crippen LogP contribution in [-0.2, 0) is 0 Å². The summed E-state index contributed by atoms with van der Waals surface area (Å²) in [6.45, 7) is 7.36. The van der Waals surface area contributed by atoms with Crippen molar-refractivity contribution in [1.29, 1.82) is 0 Å². The third kappa shape index (κ3) is 3.47. The van der Waals surface area contributed by atoms with Crippen LogP contribution in [0.4, 0.5) is 0 Å². The summed E-state index contributed by atoms with van der Waals surface area (Å²) in [6, 6.07) is 0. The Bertz CT molecular complexity index is 112. The van der Waals surface area contributed by atoms with E-state index in [1.54, 1.807) is 6.08 Å². The van der Waals surface area contributed by atoms with E-state index in [0.29, 0.717) is 12.2 Å². The summed E-state index contributed by atoms with van der Waals surface area (Å²) >= 11 is 0. The zero-order valence-corrected chi connectivity index (χ0v) is 5.44. The predicted molar refractivity (Wildman–Crippen MR) is 35.8 cm³/mol. The molecule has 0 radical (unpaired) electrons. The van der Waals surface area contributed by atoms with Crippen LogP contribution in [0.5, 0.6) is 0 Å². The van der Waals surface area contributed by atoms with Gasteiger partial charge in [-0.15, -0.1) is 0 Å². The first kappa shape index (κ1) is 7.28. The number of aliphatic hydroxyl groups excluding tert-OH is 1. The second kappa shape index (κ2) is 3.30. The van der Waals surface area contributed by atoms with E-state index in [9.17, 15) is 0 Å². The molecule has 0 aromatic heterocycles. The van der Waals surface area contributed by atoms with Gasteiger partial charge < -0.3 is 5.11 Å². The topological polar surface area (TPSA) is 20.2 Å². The van der Waals surface area contributed by atoms with Gasteiger partial charge in [0.15, 0.2) is 0 Å². The van der Waals surface area contributed by atoms with Crippen molar-refractivity contribution < 1.29 is 5.11 Å². The molecule has 0 saturated carbocycles. The van der Waals surface area contributed by atoms with Gasteiger partial charge in [-0.3, -0.25) is 0 Å². The first-order valence-corrected chi connectivity index (χ1v) is 2.72. The summed E-state index contributed by atoms with van der Waals surface area (Å²) in [5.41, 5.74) is 0.893. The van der Waals surface area contributed by atoms with Crippen LogP contribution in [0, 0.1) is 0 Å². The van der Waals surface area contributed by atoms with Gasteiger partial charge in [-0.2, -0.15) is 0 Å². The number of hydrogen-bond acceptors (Lipinski definition) is 1. The minimum atomic E-state index is 0.400. The fraction of sp³-hybridized carbons (Fsp3) is 0.429. The largest absolute Gasteiger partial charge is 0.512 e. The van der Waals surface area contributed by atoms with E-state index in [-0.39, 0.29) is 0 Å².